The predicted octanol–water partition coefficient (Wildman–Crippen LogP) is 5.71. The van der Waals surface area contributed by atoms with Crippen molar-refractivity contribution in [2.75, 3.05) is 25.1 Å². The minimum atomic E-state index is 0.230. The molecule has 4 rings (SSSR count). The molecule has 7 heteroatoms. The topological polar surface area (TPSA) is 71.6 Å². The molecule has 0 saturated carbocycles. The average Bonchev–Trinajstić information content (AvgIpc) is 3.30. The summed E-state index contributed by atoms with van der Waals surface area (Å²) in [6, 6.07) is 15.9. The molecule has 1 N–H and O–H groups in total. The van der Waals surface area contributed by atoms with Gasteiger partial charge in [-0.1, -0.05) is 23.5 Å². The van der Waals surface area contributed by atoms with Gasteiger partial charge < -0.3 is 14.8 Å². The van der Waals surface area contributed by atoms with Gasteiger partial charge in [0, 0.05) is 24.8 Å². The molecule has 0 atom stereocenters. The van der Waals surface area contributed by atoms with Crippen molar-refractivity contribution in [1.29, 1.82) is 5.26 Å². The Morgan fingerprint density at radius 2 is 2.00 bits per heavy atom. The Morgan fingerprint density at radius 1 is 1.19 bits per heavy atom. The monoisotopic (exact) mass is 434 g/mol. The molecule has 2 aromatic carbocycles. The van der Waals surface area contributed by atoms with Gasteiger partial charge in [-0.05, 0) is 51.5 Å². The normalized spacial score (nSPS) is 11.3. The molecule has 4 aromatic rings. The van der Waals surface area contributed by atoms with E-state index in [-0.39, 0.29) is 6.10 Å². The fourth-order valence-electron chi connectivity index (χ4n) is 3.47. The summed E-state index contributed by atoms with van der Waals surface area (Å²) >= 11 is 1.65. The van der Waals surface area contributed by atoms with Gasteiger partial charge in [0.05, 0.1) is 34.6 Å². The van der Waals surface area contributed by atoms with Gasteiger partial charge in [0.1, 0.15) is 17.3 Å². The number of nitrogens with zero attached hydrogens (tertiary/aromatic N) is 3. The van der Waals surface area contributed by atoms with Crippen LogP contribution in [0.5, 0.6) is 5.75 Å². The zero-order valence-electron chi connectivity index (χ0n) is 18.0. The van der Waals surface area contributed by atoms with Crippen LogP contribution in [0.1, 0.15) is 32.8 Å². The molecule has 31 heavy (non-hydrogen) atoms. The maximum absolute atomic E-state index is 9.12. The molecule has 0 bridgehead atoms. The number of nitrogens with one attached hydrogen (secondary N) is 1. The molecule has 0 spiro atoms. The van der Waals surface area contributed by atoms with Crippen LogP contribution in [-0.2, 0) is 4.74 Å². The summed E-state index contributed by atoms with van der Waals surface area (Å²) in [6.45, 7) is 8.18. The molecule has 0 aliphatic carbocycles. The van der Waals surface area contributed by atoms with Crippen LogP contribution in [0.25, 0.3) is 26.4 Å². The highest BCUT2D eigenvalue weighted by molar-refractivity contribution is 7.23. The molecular formula is C24H26N4O2S. The maximum Gasteiger partial charge on any atom is 0.197 e. The summed E-state index contributed by atoms with van der Waals surface area (Å²) in [7, 11) is 0. The number of hydrogen-bond acceptors (Lipinski definition) is 6. The van der Waals surface area contributed by atoms with Crippen molar-refractivity contribution in [3.63, 3.8) is 0 Å². The number of rotatable bonds is 9. The van der Waals surface area contributed by atoms with Crippen LogP contribution in [0.15, 0.2) is 42.5 Å². The number of anilines is 1. The average molecular weight is 435 g/mol. The highest BCUT2D eigenvalue weighted by Crippen LogP contribution is 2.37. The number of aromatic nitrogens is 2. The van der Waals surface area contributed by atoms with E-state index >= 15 is 0 Å². The highest BCUT2D eigenvalue weighted by atomic mass is 32.1. The molecule has 6 nitrogen and oxygen atoms in total. The van der Waals surface area contributed by atoms with Crippen LogP contribution < -0.4 is 10.1 Å². The zero-order valence-corrected chi connectivity index (χ0v) is 18.8. The lowest BCUT2D eigenvalue weighted by molar-refractivity contribution is 0.0787. The molecular weight excluding hydrogens is 408 g/mol. The van der Waals surface area contributed by atoms with Crippen molar-refractivity contribution >= 4 is 32.3 Å². The Morgan fingerprint density at radius 3 is 2.71 bits per heavy atom. The number of thiazole rings is 1. The number of benzene rings is 2. The van der Waals surface area contributed by atoms with Crippen LogP contribution in [0.3, 0.4) is 0 Å². The highest BCUT2D eigenvalue weighted by Gasteiger charge is 2.18. The minimum Gasteiger partial charge on any atom is -0.494 e. The summed E-state index contributed by atoms with van der Waals surface area (Å²) in [5, 5.41) is 12.7. The Bertz CT molecular complexity index is 1220. The lowest BCUT2D eigenvalue weighted by Crippen LogP contribution is -2.10. The van der Waals surface area contributed by atoms with E-state index in [1.165, 1.54) is 0 Å². The first kappa shape index (κ1) is 21.2. The third-order valence-corrected chi connectivity index (χ3v) is 5.90. The van der Waals surface area contributed by atoms with E-state index in [2.05, 4.69) is 27.9 Å². The Labute approximate surface area is 186 Å². The minimum absolute atomic E-state index is 0.230. The van der Waals surface area contributed by atoms with Crippen LogP contribution in [0, 0.1) is 11.3 Å². The fourth-order valence-corrected chi connectivity index (χ4v) is 4.48. The lowest BCUT2D eigenvalue weighted by atomic mass is 10.1. The van der Waals surface area contributed by atoms with Crippen LogP contribution >= 0.6 is 11.3 Å². The standard InChI is InChI=1S/C24H26N4O2S/c1-4-29-19-10-11-21-20(14-19)28-23(26-12-5-13-30-16(2)3)22(27-24(28)31-21)18-8-6-17(15-25)7-9-18/h6-11,14,16,26H,4-5,12-13H2,1-3H3. The van der Waals surface area contributed by atoms with Gasteiger partial charge in [-0.3, -0.25) is 4.40 Å². The third-order valence-electron chi connectivity index (χ3n) is 4.88. The van der Waals surface area contributed by atoms with Gasteiger partial charge in [-0.2, -0.15) is 5.26 Å². The second-order valence-corrected chi connectivity index (χ2v) is 8.49. The Kier molecular flexibility index (Phi) is 6.40. The van der Waals surface area contributed by atoms with Crippen LogP contribution in [0.4, 0.5) is 5.82 Å². The molecule has 2 heterocycles. The second kappa shape index (κ2) is 9.38. The van der Waals surface area contributed by atoms with E-state index < -0.39 is 0 Å². The number of nitriles is 1. The van der Waals surface area contributed by atoms with Crippen molar-refractivity contribution < 1.29 is 9.47 Å². The maximum atomic E-state index is 9.12. The van der Waals surface area contributed by atoms with E-state index in [1.807, 2.05) is 51.1 Å². The fraction of sp³-hybridized carbons (Fsp3) is 0.333. The van der Waals surface area contributed by atoms with E-state index in [0.29, 0.717) is 18.8 Å². The molecule has 0 aliphatic rings. The van der Waals surface area contributed by atoms with Gasteiger partial charge in [-0.25, -0.2) is 4.98 Å². The number of imidazole rings is 1. The van der Waals surface area contributed by atoms with Crippen molar-refractivity contribution in [3.05, 3.63) is 48.0 Å². The summed E-state index contributed by atoms with van der Waals surface area (Å²) in [6.07, 6.45) is 1.12. The summed E-state index contributed by atoms with van der Waals surface area (Å²) in [5.41, 5.74) is 3.56. The molecule has 0 fully saturated rings. The van der Waals surface area contributed by atoms with Gasteiger partial charge in [-0.15, -0.1) is 0 Å². The van der Waals surface area contributed by atoms with Crippen molar-refractivity contribution in [2.24, 2.45) is 0 Å². The van der Waals surface area contributed by atoms with Gasteiger partial charge in [0.2, 0.25) is 0 Å². The van der Waals surface area contributed by atoms with Gasteiger partial charge in [0.15, 0.2) is 4.96 Å². The molecule has 0 radical (unpaired) electrons. The quantitative estimate of drug-likeness (QED) is 0.342. The Hall–Kier alpha value is -3.08. The van der Waals surface area contributed by atoms with Crippen LogP contribution in [-0.4, -0.2) is 35.2 Å². The molecule has 0 aliphatic heterocycles. The van der Waals surface area contributed by atoms with Gasteiger partial charge in [0.25, 0.3) is 0 Å². The van der Waals surface area contributed by atoms with Gasteiger partial charge >= 0.3 is 0 Å². The summed E-state index contributed by atoms with van der Waals surface area (Å²) in [5.74, 6) is 1.80. The molecule has 0 amide bonds. The number of hydrogen-bond donors (Lipinski definition) is 1. The van der Waals surface area contributed by atoms with E-state index in [0.717, 1.165) is 51.0 Å². The van der Waals surface area contributed by atoms with Crippen molar-refractivity contribution in [1.82, 2.24) is 9.38 Å². The first-order valence-electron chi connectivity index (χ1n) is 10.5. The number of ether oxygens (including phenoxy) is 2. The Balaban J connectivity index is 1.75. The first-order chi connectivity index (χ1) is 15.1. The van der Waals surface area contributed by atoms with Crippen molar-refractivity contribution in [2.45, 2.75) is 33.3 Å². The molecule has 2 aromatic heterocycles. The third kappa shape index (κ3) is 4.50. The van der Waals surface area contributed by atoms with E-state index in [4.69, 9.17) is 19.7 Å². The van der Waals surface area contributed by atoms with E-state index in [1.54, 1.807) is 11.3 Å². The first-order valence-corrected chi connectivity index (χ1v) is 11.4. The van der Waals surface area contributed by atoms with Crippen LogP contribution in [0.2, 0.25) is 0 Å². The summed E-state index contributed by atoms with van der Waals surface area (Å²) in [4.78, 5) is 5.86. The largest absolute Gasteiger partial charge is 0.494 e. The molecule has 0 unspecified atom stereocenters. The molecule has 160 valence electrons. The number of fused-ring (bicyclic) bond motifs is 3. The second-order valence-electron chi connectivity index (χ2n) is 7.48. The summed E-state index contributed by atoms with van der Waals surface area (Å²) < 4.78 is 14.7. The molecule has 0 saturated heterocycles. The van der Waals surface area contributed by atoms with E-state index in [9.17, 15) is 0 Å². The lowest BCUT2D eigenvalue weighted by Gasteiger charge is -2.11. The SMILES string of the molecule is CCOc1ccc2sc3nc(-c4ccc(C#N)cc4)c(NCCCOC(C)C)n3c2c1. The zero-order chi connectivity index (χ0) is 21.8. The predicted molar refractivity (Wildman–Crippen MR) is 126 cm³/mol. The van der Waals surface area contributed by atoms with Crippen molar-refractivity contribution in [3.8, 4) is 23.1 Å². The smallest absolute Gasteiger partial charge is 0.197 e.